The summed E-state index contributed by atoms with van der Waals surface area (Å²) in [6.07, 6.45) is 4.92. The minimum absolute atomic E-state index is 0.520. The number of carbonyl (C=O) groups excluding carboxylic acids is 1. The monoisotopic (exact) mass is 172 g/mol. The molecule has 1 unspecified atom stereocenters. The van der Waals surface area contributed by atoms with Crippen LogP contribution in [0.1, 0.15) is 39.5 Å². The molecule has 0 spiro atoms. The van der Waals surface area contributed by atoms with Crippen molar-refractivity contribution < 1.29 is 9.53 Å². The Morgan fingerprint density at radius 3 is 2.83 bits per heavy atom. The number of ether oxygens (including phenoxy) is 1. The smallest absolute Gasteiger partial charge is 0.120 e. The molecule has 0 aromatic heterocycles. The highest BCUT2D eigenvalue weighted by molar-refractivity contribution is 5.49. The average Bonchev–Trinajstić information content (AvgIpc) is 2.09. The first-order valence-corrected chi connectivity index (χ1v) is 4.82. The topological polar surface area (TPSA) is 26.3 Å². The molecule has 2 heteroatoms. The van der Waals surface area contributed by atoms with E-state index in [1.807, 2.05) is 0 Å². The molecular formula is C10H20O2. The Kier molecular flexibility index (Phi) is 8.46. The molecule has 0 heterocycles. The maximum Gasteiger partial charge on any atom is 0.120 e. The first-order valence-electron chi connectivity index (χ1n) is 4.82. The van der Waals surface area contributed by atoms with Crippen LogP contribution >= 0.6 is 0 Å². The van der Waals surface area contributed by atoms with Gasteiger partial charge >= 0.3 is 0 Å². The lowest BCUT2D eigenvalue weighted by atomic mass is 10.1. The highest BCUT2D eigenvalue weighted by atomic mass is 16.5. The Balaban J connectivity index is 3.07. The van der Waals surface area contributed by atoms with Crippen molar-refractivity contribution in [3.8, 4) is 0 Å². The van der Waals surface area contributed by atoms with E-state index in [4.69, 9.17) is 4.74 Å². The molecule has 0 aliphatic rings. The van der Waals surface area contributed by atoms with Crippen molar-refractivity contribution in [1.82, 2.24) is 0 Å². The van der Waals surface area contributed by atoms with Gasteiger partial charge in [0, 0.05) is 19.6 Å². The molecular weight excluding hydrogens is 152 g/mol. The Hall–Kier alpha value is -0.370. The highest BCUT2D eigenvalue weighted by Gasteiger charge is 2.00. The van der Waals surface area contributed by atoms with Gasteiger partial charge in [0.1, 0.15) is 6.29 Å². The highest BCUT2D eigenvalue weighted by Crippen LogP contribution is 2.04. The van der Waals surface area contributed by atoms with E-state index in [9.17, 15) is 4.79 Å². The van der Waals surface area contributed by atoms with Crippen LogP contribution in [0.3, 0.4) is 0 Å². The molecule has 0 aliphatic carbocycles. The van der Waals surface area contributed by atoms with E-state index >= 15 is 0 Å². The molecule has 0 aromatic carbocycles. The number of aldehydes is 1. The summed E-state index contributed by atoms with van der Waals surface area (Å²) in [5.41, 5.74) is 0. The van der Waals surface area contributed by atoms with Gasteiger partial charge in [-0.1, -0.05) is 20.3 Å². The van der Waals surface area contributed by atoms with Crippen molar-refractivity contribution in [3.05, 3.63) is 0 Å². The van der Waals surface area contributed by atoms with Gasteiger partial charge in [-0.15, -0.1) is 0 Å². The molecule has 0 bridgehead atoms. The summed E-state index contributed by atoms with van der Waals surface area (Å²) >= 11 is 0. The largest absolute Gasteiger partial charge is 0.381 e. The summed E-state index contributed by atoms with van der Waals surface area (Å²) < 4.78 is 5.42. The molecule has 0 rings (SSSR count). The van der Waals surface area contributed by atoms with Gasteiger partial charge < -0.3 is 9.53 Å². The Labute approximate surface area is 75.3 Å². The molecule has 0 saturated heterocycles. The van der Waals surface area contributed by atoms with Crippen molar-refractivity contribution in [2.24, 2.45) is 5.92 Å². The lowest BCUT2D eigenvalue weighted by molar-refractivity contribution is -0.108. The zero-order valence-electron chi connectivity index (χ0n) is 8.21. The van der Waals surface area contributed by atoms with Gasteiger partial charge in [-0.3, -0.25) is 0 Å². The van der Waals surface area contributed by atoms with Crippen LogP contribution in [0.15, 0.2) is 0 Å². The standard InChI is InChI=1S/C10H20O2/c1-3-4-8-12-9-10(2)6-5-7-11/h7,10H,3-6,8-9H2,1-2H3. The van der Waals surface area contributed by atoms with Crippen molar-refractivity contribution in [1.29, 1.82) is 0 Å². The van der Waals surface area contributed by atoms with Crippen molar-refractivity contribution in [3.63, 3.8) is 0 Å². The number of hydrogen-bond donors (Lipinski definition) is 0. The van der Waals surface area contributed by atoms with E-state index in [2.05, 4.69) is 13.8 Å². The Morgan fingerprint density at radius 1 is 1.50 bits per heavy atom. The van der Waals surface area contributed by atoms with E-state index in [0.29, 0.717) is 12.3 Å². The van der Waals surface area contributed by atoms with E-state index in [1.54, 1.807) is 0 Å². The summed E-state index contributed by atoms with van der Waals surface area (Å²) in [4.78, 5) is 10.0. The van der Waals surface area contributed by atoms with Gasteiger partial charge in [0.15, 0.2) is 0 Å². The van der Waals surface area contributed by atoms with Gasteiger partial charge in [0.2, 0.25) is 0 Å². The van der Waals surface area contributed by atoms with E-state index in [-0.39, 0.29) is 0 Å². The second kappa shape index (κ2) is 8.72. The van der Waals surface area contributed by atoms with Crippen molar-refractivity contribution in [2.45, 2.75) is 39.5 Å². The summed E-state index contributed by atoms with van der Waals surface area (Å²) in [6.45, 7) is 5.93. The normalized spacial score (nSPS) is 12.8. The molecule has 12 heavy (non-hydrogen) atoms. The maximum absolute atomic E-state index is 10.0. The second-order valence-electron chi connectivity index (χ2n) is 3.28. The lowest BCUT2D eigenvalue weighted by Gasteiger charge is -2.09. The fourth-order valence-corrected chi connectivity index (χ4v) is 0.967. The molecule has 0 amide bonds. The van der Waals surface area contributed by atoms with E-state index in [0.717, 1.165) is 32.3 Å². The SMILES string of the molecule is CCCCOCC(C)CCC=O. The first-order chi connectivity index (χ1) is 5.81. The van der Waals surface area contributed by atoms with Crippen LogP contribution in [0.25, 0.3) is 0 Å². The van der Waals surface area contributed by atoms with Crippen LogP contribution in [-0.4, -0.2) is 19.5 Å². The molecule has 0 N–H and O–H groups in total. The fourth-order valence-electron chi connectivity index (χ4n) is 0.967. The fraction of sp³-hybridized carbons (Fsp3) is 0.900. The van der Waals surface area contributed by atoms with Crippen LogP contribution in [-0.2, 0) is 9.53 Å². The average molecular weight is 172 g/mol. The van der Waals surface area contributed by atoms with Crippen molar-refractivity contribution >= 4 is 6.29 Å². The molecule has 0 fully saturated rings. The van der Waals surface area contributed by atoms with Gasteiger partial charge in [0.05, 0.1) is 0 Å². The van der Waals surface area contributed by atoms with E-state index < -0.39 is 0 Å². The Morgan fingerprint density at radius 2 is 2.25 bits per heavy atom. The summed E-state index contributed by atoms with van der Waals surface area (Å²) in [5.74, 6) is 0.520. The molecule has 2 nitrogen and oxygen atoms in total. The number of carbonyl (C=O) groups is 1. The molecule has 1 atom stereocenters. The van der Waals surface area contributed by atoms with Gasteiger partial charge in [-0.05, 0) is 18.8 Å². The molecule has 0 aliphatic heterocycles. The van der Waals surface area contributed by atoms with E-state index in [1.165, 1.54) is 6.42 Å². The predicted octanol–water partition coefficient (Wildman–Crippen LogP) is 2.42. The number of unbranched alkanes of at least 4 members (excludes halogenated alkanes) is 1. The number of rotatable bonds is 8. The minimum atomic E-state index is 0.520. The summed E-state index contributed by atoms with van der Waals surface area (Å²) in [7, 11) is 0. The van der Waals surface area contributed by atoms with Gasteiger partial charge in [-0.2, -0.15) is 0 Å². The van der Waals surface area contributed by atoms with Crippen LogP contribution in [0.4, 0.5) is 0 Å². The number of hydrogen-bond acceptors (Lipinski definition) is 2. The molecule has 0 radical (unpaired) electrons. The second-order valence-corrected chi connectivity index (χ2v) is 3.28. The van der Waals surface area contributed by atoms with Crippen LogP contribution in [0.5, 0.6) is 0 Å². The third kappa shape index (κ3) is 7.73. The quantitative estimate of drug-likeness (QED) is 0.415. The first kappa shape index (κ1) is 11.6. The zero-order valence-corrected chi connectivity index (χ0v) is 8.21. The molecule has 0 aromatic rings. The van der Waals surface area contributed by atoms with Crippen LogP contribution < -0.4 is 0 Å². The van der Waals surface area contributed by atoms with Crippen molar-refractivity contribution in [2.75, 3.05) is 13.2 Å². The Bertz CT molecular complexity index is 102. The summed E-state index contributed by atoms with van der Waals surface area (Å²) in [6, 6.07) is 0. The molecule has 72 valence electrons. The third-order valence-electron chi connectivity index (χ3n) is 1.82. The lowest BCUT2D eigenvalue weighted by Crippen LogP contribution is -2.06. The zero-order chi connectivity index (χ0) is 9.23. The summed E-state index contributed by atoms with van der Waals surface area (Å²) in [5, 5.41) is 0. The van der Waals surface area contributed by atoms with Gasteiger partial charge in [-0.25, -0.2) is 0 Å². The predicted molar refractivity (Wildman–Crippen MR) is 50.2 cm³/mol. The minimum Gasteiger partial charge on any atom is -0.381 e. The van der Waals surface area contributed by atoms with Crippen LogP contribution in [0.2, 0.25) is 0 Å². The molecule has 0 saturated carbocycles. The maximum atomic E-state index is 10.0. The van der Waals surface area contributed by atoms with Gasteiger partial charge in [0.25, 0.3) is 0 Å². The third-order valence-corrected chi connectivity index (χ3v) is 1.82. The van der Waals surface area contributed by atoms with Crippen LogP contribution in [0, 0.1) is 5.92 Å².